The molecule has 0 atom stereocenters. The maximum atomic E-state index is 11.6. The molecule has 0 saturated carbocycles. The van der Waals surface area contributed by atoms with Gasteiger partial charge in [-0.2, -0.15) is 0 Å². The van der Waals surface area contributed by atoms with Crippen LogP contribution in [-0.2, 0) is 0 Å². The number of phenols is 2. The Labute approximate surface area is 152 Å². The summed E-state index contributed by atoms with van der Waals surface area (Å²) in [6.07, 6.45) is 0.633. The number of Topliss-reactive ketones (excluding diaryl/α,β-unsaturated/α-hetero) is 2. The number of aromatic hydroxyl groups is 2. The molecule has 2 rings (SSSR count). The molecular weight excluding hydrogens is 336 g/mol. The van der Waals surface area contributed by atoms with Crippen LogP contribution in [0.15, 0.2) is 36.4 Å². The molecule has 6 nitrogen and oxygen atoms in total. The predicted octanol–water partition coefficient (Wildman–Crippen LogP) is 3.74. The Balaban J connectivity index is 1.87. The van der Waals surface area contributed by atoms with Gasteiger partial charge in [0.05, 0.1) is 11.1 Å². The van der Waals surface area contributed by atoms with Gasteiger partial charge >= 0.3 is 0 Å². The van der Waals surface area contributed by atoms with Crippen LogP contribution in [0.5, 0.6) is 23.0 Å². The van der Waals surface area contributed by atoms with Crippen molar-refractivity contribution in [1.29, 1.82) is 0 Å². The van der Waals surface area contributed by atoms with Gasteiger partial charge in [0.25, 0.3) is 0 Å². The third-order valence-electron chi connectivity index (χ3n) is 3.80. The summed E-state index contributed by atoms with van der Waals surface area (Å²) >= 11 is 0. The number of carbonyl (C=O) groups is 2. The smallest absolute Gasteiger partial charge is 0.166 e. The van der Waals surface area contributed by atoms with Crippen molar-refractivity contribution in [1.82, 2.24) is 0 Å². The molecule has 0 aliphatic heterocycles. The minimum Gasteiger partial charge on any atom is -0.507 e. The lowest BCUT2D eigenvalue weighted by Gasteiger charge is -2.11. The maximum absolute atomic E-state index is 11.6. The summed E-state index contributed by atoms with van der Waals surface area (Å²) < 4.78 is 10.9. The van der Waals surface area contributed by atoms with Crippen LogP contribution in [0.4, 0.5) is 0 Å². The fourth-order valence-electron chi connectivity index (χ4n) is 2.37. The number of hydrogen-bond donors (Lipinski definition) is 2. The van der Waals surface area contributed by atoms with Crippen LogP contribution >= 0.6 is 0 Å². The van der Waals surface area contributed by atoms with Gasteiger partial charge in [0.15, 0.2) is 11.6 Å². The zero-order valence-electron chi connectivity index (χ0n) is 14.8. The van der Waals surface area contributed by atoms with Gasteiger partial charge in [0.1, 0.15) is 36.2 Å². The fourth-order valence-corrected chi connectivity index (χ4v) is 2.37. The molecule has 2 aromatic rings. The Morgan fingerprint density at radius 3 is 1.46 bits per heavy atom. The van der Waals surface area contributed by atoms with E-state index in [4.69, 9.17) is 9.47 Å². The van der Waals surface area contributed by atoms with Gasteiger partial charge in [0, 0.05) is 25.0 Å². The first kappa shape index (κ1) is 19.3. The highest BCUT2D eigenvalue weighted by Crippen LogP contribution is 2.26. The highest BCUT2D eigenvalue weighted by atomic mass is 16.5. The molecule has 6 heteroatoms. The van der Waals surface area contributed by atoms with E-state index in [2.05, 4.69) is 0 Å². The summed E-state index contributed by atoms with van der Waals surface area (Å²) in [6, 6.07) is 9.05. The van der Waals surface area contributed by atoms with Gasteiger partial charge in [-0.15, -0.1) is 0 Å². The Bertz CT molecular complexity index is 729. The second kappa shape index (κ2) is 8.89. The Hall–Kier alpha value is -3.02. The summed E-state index contributed by atoms with van der Waals surface area (Å²) in [5, 5.41) is 19.7. The monoisotopic (exact) mass is 358 g/mol. The van der Waals surface area contributed by atoms with E-state index in [1.54, 1.807) is 26.0 Å². The van der Waals surface area contributed by atoms with Crippen LogP contribution in [0.1, 0.15) is 47.4 Å². The molecule has 0 fully saturated rings. The summed E-state index contributed by atoms with van der Waals surface area (Å²) in [5.74, 6) is 0.341. The number of rotatable bonds is 9. The molecule has 0 saturated heterocycles. The van der Waals surface area contributed by atoms with Crippen molar-refractivity contribution < 1.29 is 29.3 Å². The zero-order valence-corrected chi connectivity index (χ0v) is 14.8. The predicted molar refractivity (Wildman–Crippen MR) is 96.4 cm³/mol. The van der Waals surface area contributed by atoms with Crippen molar-refractivity contribution in [2.24, 2.45) is 0 Å². The molecular formula is C20H22O6. The molecule has 0 heterocycles. The van der Waals surface area contributed by atoms with E-state index in [1.807, 2.05) is 0 Å². The highest BCUT2D eigenvalue weighted by molar-refractivity contribution is 5.99. The molecule has 0 radical (unpaired) electrons. The van der Waals surface area contributed by atoms with Gasteiger partial charge < -0.3 is 19.7 Å². The first-order valence-electron chi connectivity index (χ1n) is 8.44. The van der Waals surface area contributed by atoms with Crippen LogP contribution in [0.2, 0.25) is 0 Å². The highest BCUT2D eigenvalue weighted by Gasteiger charge is 2.11. The van der Waals surface area contributed by atoms with Crippen molar-refractivity contribution in [3.05, 3.63) is 47.5 Å². The molecule has 0 aliphatic rings. The number of benzene rings is 2. The number of hydrogen-bond acceptors (Lipinski definition) is 6. The second-order valence-electron chi connectivity index (χ2n) is 5.61. The topological polar surface area (TPSA) is 93.1 Å². The first-order chi connectivity index (χ1) is 12.5. The van der Waals surface area contributed by atoms with E-state index < -0.39 is 0 Å². The van der Waals surface area contributed by atoms with E-state index in [0.29, 0.717) is 24.3 Å². The van der Waals surface area contributed by atoms with Crippen molar-refractivity contribution in [2.75, 3.05) is 13.2 Å². The average Bonchev–Trinajstić information content (AvgIpc) is 2.64. The minimum absolute atomic E-state index is 0.114. The van der Waals surface area contributed by atoms with Crippen LogP contribution in [0.25, 0.3) is 0 Å². The lowest BCUT2D eigenvalue weighted by molar-refractivity contribution is 0.0977. The van der Waals surface area contributed by atoms with Crippen molar-refractivity contribution >= 4 is 11.6 Å². The maximum Gasteiger partial charge on any atom is 0.166 e. The van der Waals surface area contributed by atoms with Crippen LogP contribution in [0, 0.1) is 0 Å². The number of carbonyl (C=O) groups excluding carboxylic acids is 2. The Morgan fingerprint density at radius 1 is 0.769 bits per heavy atom. The van der Waals surface area contributed by atoms with Gasteiger partial charge in [-0.1, -0.05) is 13.8 Å². The van der Waals surface area contributed by atoms with Crippen molar-refractivity contribution in [2.45, 2.75) is 26.7 Å². The van der Waals surface area contributed by atoms with E-state index in [9.17, 15) is 19.8 Å². The molecule has 26 heavy (non-hydrogen) atoms. The molecule has 0 aliphatic carbocycles. The summed E-state index contributed by atoms with van der Waals surface area (Å²) in [4.78, 5) is 23.2. The Kier molecular flexibility index (Phi) is 6.60. The van der Waals surface area contributed by atoms with Crippen molar-refractivity contribution in [3.8, 4) is 23.0 Å². The molecule has 0 aromatic heterocycles. The molecule has 2 aromatic carbocycles. The average molecular weight is 358 g/mol. The first-order valence-corrected chi connectivity index (χ1v) is 8.44. The van der Waals surface area contributed by atoms with Crippen LogP contribution < -0.4 is 9.47 Å². The number of phenolic OH excluding ortho intramolecular Hbond substituents is 2. The summed E-state index contributed by atoms with van der Waals surface area (Å²) in [6.45, 7) is 3.87. The zero-order chi connectivity index (χ0) is 19.1. The third kappa shape index (κ3) is 4.75. The number of ketones is 2. The number of ether oxygens (including phenoxy) is 2. The van der Waals surface area contributed by atoms with Crippen LogP contribution in [0.3, 0.4) is 0 Å². The van der Waals surface area contributed by atoms with Gasteiger partial charge in [-0.05, 0) is 24.3 Å². The van der Waals surface area contributed by atoms with Crippen molar-refractivity contribution in [3.63, 3.8) is 0 Å². The van der Waals surface area contributed by atoms with Gasteiger partial charge in [-0.25, -0.2) is 0 Å². The van der Waals surface area contributed by atoms with Gasteiger partial charge in [0.2, 0.25) is 0 Å². The SMILES string of the molecule is CCC(=O)c1ccc(OCCOc2ccc(C(=O)CC)c(O)c2)cc1O. The molecule has 0 amide bonds. The lowest BCUT2D eigenvalue weighted by Crippen LogP contribution is -2.09. The quantitative estimate of drug-likeness (QED) is 0.524. The molecule has 138 valence electrons. The standard InChI is InChI=1S/C20H22O6/c1-3-17(21)15-7-5-13(11-19(15)23)25-9-10-26-14-6-8-16(18(22)4-2)20(24)12-14/h5-8,11-12,23-24H,3-4,9-10H2,1-2H3. The molecule has 0 bridgehead atoms. The fraction of sp³-hybridized carbons (Fsp3) is 0.300. The largest absolute Gasteiger partial charge is 0.507 e. The van der Waals surface area contributed by atoms with E-state index in [0.717, 1.165) is 0 Å². The minimum atomic E-state index is -0.137. The van der Waals surface area contributed by atoms with E-state index >= 15 is 0 Å². The second-order valence-corrected chi connectivity index (χ2v) is 5.61. The Morgan fingerprint density at radius 2 is 1.15 bits per heavy atom. The molecule has 0 spiro atoms. The van der Waals surface area contributed by atoms with E-state index in [-0.39, 0.29) is 47.4 Å². The third-order valence-corrected chi connectivity index (χ3v) is 3.80. The lowest BCUT2D eigenvalue weighted by atomic mass is 10.1. The summed E-state index contributed by atoms with van der Waals surface area (Å²) in [5.41, 5.74) is 0.543. The molecule has 0 unspecified atom stereocenters. The van der Waals surface area contributed by atoms with E-state index in [1.165, 1.54) is 24.3 Å². The van der Waals surface area contributed by atoms with Crippen LogP contribution in [-0.4, -0.2) is 35.0 Å². The van der Waals surface area contributed by atoms with Gasteiger partial charge in [-0.3, -0.25) is 9.59 Å². The summed E-state index contributed by atoms with van der Waals surface area (Å²) in [7, 11) is 0. The normalized spacial score (nSPS) is 10.4. The molecule has 2 N–H and O–H groups in total.